The van der Waals surface area contributed by atoms with Crippen LogP contribution in [0, 0.1) is 5.92 Å². The Labute approximate surface area is 130 Å². The van der Waals surface area contributed by atoms with E-state index in [4.69, 9.17) is 5.73 Å². The molecule has 3 N–H and O–H groups in total. The van der Waals surface area contributed by atoms with Crippen molar-refractivity contribution in [2.75, 3.05) is 5.32 Å². The summed E-state index contributed by atoms with van der Waals surface area (Å²) in [6.45, 7) is 0. The van der Waals surface area contributed by atoms with Gasteiger partial charge in [0.15, 0.2) is 11.5 Å². The summed E-state index contributed by atoms with van der Waals surface area (Å²) in [4.78, 5) is 0. The predicted octanol–water partition coefficient (Wildman–Crippen LogP) is 3.01. The van der Waals surface area contributed by atoms with Crippen LogP contribution in [-0.2, 0) is 11.8 Å². The lowest BCUT2D eigenvalue weighted by Gasteiger charge is -2.40. The van der Waals surface area contributed by atoms with Crippen LogP contribution in [0.4, 0.5) is 18.9 Å². The molecule has 122 valence electrons. The van der Waals surface area contributed by atoms with E-state index in [1.807, 2.05) is 0 Å². The molecule has 2 aliphatic rings. The second kappa shape index (κ2) is 4.70. The van der Waals surface area contributed by atoms with Gasteiger partial charge in [-0.25, -0.2) is 0 Å². The molecule has 1 aromatic carbocycles. The summed E-state index contributed by atoms with van der Waals surface area (Å²) >= 11 is 0. The van der Waals surface area contributed by atoms with Crippen molar-refractivity contribution in [2.24, 2.45) is 11.7 Å². The first-order valence-corrected chi connectivity index (χ1v) is 7.61. The van der Waals surface area contributed by atoms with E-state index >= 15 is 0 Å². The highest BCUT2D eigenvalue weighted by Gasteiger charge is 2.49. The van der Waals surface area contributed by atoms with Gasteiger partial charge in [-0.3, -0.25) is 4.57 Å². The molecule has 0 amide bonds. The minimum absolute atomic E-state index is 0.0277. The largest absolute Gasteiger partial charge is 0.452 e. The number of aromatic nitrogens is 3. The molecule has 1 unspecified atom stereocenters. The summed E-state index contributed by atoms with van der Waals surface area (Å²) in [6, 6.07) is 6.79. The van der Waals surface area contributed by atoms with E-state index in [1.165, 1.54) is 0 Å². The lowest BCUT2D eigenvalue weighted by Crippen LogP contribution is -2.54. The van der Waals surface area contributed by atoms with Crippen LogP contribution in [0.5, 0.6) is 0 Å². The highest BCUT2D eigenvalue weighted by atomic mass is 19.4. The Morgan fingerprint density at radius 1 is 1.17 bits per heavy atom. The highest BCUT2D eigenvalue weighted by molar-refractivity contribution is 5.66. The normalized spacial score (nSPS) is 24.2. The molecule has 1 aromatic heterocycles. The summed E-state index contributed by atoms with van der Waals surface area (Å²) < 4.78 is 41.1. The molecule has 2 aromatic rings. The number of nitrogens with two attached hydrogens (primary N) is 1. The lowest BCUT2D eigenvalue weighted by molar-refractivity contribution is -0.146. The summed E-state index contributed by atoms with van der Waals surface area (Å²) in [5.41, 5.74) is 6.35. The van der Waals surface area contributed by atoms with E-state index in [0.717, 1.165) is 30.3 Å². The highest BCUT2D eigenvalue weighted by Crippen LogP contribution is 2.45. The molecule has 2 heterocycles. The Bertz CT molecular complexity index is 748. The number of rotatable bonds is 1. The molecular formula is C15H16F3N5. The zero-order valence-corrected chi connectivity index (χ0v) is 12.3. The summed E-state index contributed by atoms with van der Waals surface area (Å²) in [5.74, 6) is -0.871. The topological polar surface area (TPSA) is 68.8 Å². The molecule has 8 heteroatoms. The van der Waals surface area contributed by atoms with Gasteiger partial charge < -0.3 is 11.1 Å². The van der Waals surface area contributed by atoms with Gasteiger partial charge in [0.05, 0.1) is 11.4 Å². The zero-order chi connectivity index (χ0) is 16.2. The molecule has 0 spiro atoms. The first-order chi connectivity index (χ1) is 10.9. The van der Waals surface area contributed by atoms with Crippen molar-refractivity contribution in [2.45, 2.75) is 37.5 Å². The summed E-state index contributed by atoms with van der Waals surface area (Å²) in [5, 5.41) is 10.5. The second-order valence-corrected chi connectivity index (χ2v) is 6.17. The third kappa shape index (κ3) is 2.04. The van der Waals surface area contributed by atoms with Crippen LogP contribution in [0.1, 0.15) is 37.3 Å². The third-order valence-electron chi connectivity index (χ3n) is 4.77. The maximum absolute atomic E-state index is 13.3. The number of halogens is 3. The van der Waals surface area contributed by atoms with Gasteiger partial charge in [0.1, 0.15) is 0 Å². The van der Waals surface area contributed by atoms with Gasteiger partial charge in [-0.2, -0.15) is 13.2 Å². The fraction of sp³-hybridized carbons (Fsp3) is 0.467. The number of nitrogens with zero attached hydrogens (tertiary/aromatic N) is 3. The minimum atomic E-state index is -4.59. The number of hydrogen-bond donors (Lipinski definition) is 2. The first kappa shape index (κ1) is 14.5. The Morgan fingerprint density at radius 2 is 1.87 bits per heavy atom. The second-order valence-electron chi connectivity index (χ2n) is 6.17. The lowest BCUT2D eigenvalue weighted by atomic mass is 9.88. The van der Waals surface area contributed by atoms with Crippen molar-refractivity contribution >= 4 is 5.69 Å². The molecule has 23 heavy (non-hydrogen) atoms. The Balaban J connectivity index is 1.96. The number of para-hydroxylation sites is 2. The average molecular weight is 323 g/mol. The molecule has 0 bridgehead atoms. The van der Waals surface area contributed by atoms with Crippen LogP contribution in [0.3, 0.4) is 0 Å². The van der Waals surface area contributed by atoms with E-state index in [-0.39, 0.29) is 11.7 Å². The molecule has 5 nitrogen and oxygen atoms in total. The van der Waals surface area contributed by atoms with E-state index in [0.29, 0.717) is 11.4 Å². The number of nitrogens with one attached hydrogen (secondary N) is 1. The summed E-state index contributed by atoms with van der Waals surface area (Å²) in [7, 11) is 0. The fourth-order valence-corrected chi connectivity index (χ4v) is 3.68. The van der Waals surface area contributed by atoms with Crippen LogP contribution in [0.2, 0.25) is 0 Å². The molecular weight excluding hydrogens is 307 g/mol. The fourth-order valence-electron chi connectivity index (χ4n) is 3.68. The molecule has 1 fully saturated rings. The number of benzene rings is 1. The maximum Gasteiger partial charge on any atom is 0.452 e. The van der Waals surface area contributed by atoms with Crippen LogP contribution < -0.4 is 11.1 Å². The quantitative estimate of drug-likeness (QED) is 0.846. The van der Waals surface area contributed by atoms with Crippen molar-refractivity contribution in [3.8, 4) is 5.69 Å². The average Bonchev–Trinajstić information content (AvgIpc) is 3.17. The molecule has 0 radical (unpaired) electrons. The SMILES string of the molecule is NC1(C2CCCC2)Nc2ccccc2-n2c(C(F)(F)F)nnc21. The number of fused-ring (bicyclic) bond motifs is 3. The van der Waals surface area contributed by atoms with Gasteiger partial charge >= 0.3 is 6.18 Å². The standard InChI is InChI=1S/C15H16F3N5/c16-15(17,18)13-22-21-12-14(19,9-5-1-2-6-9)20-10-7-3-4-8-11(10)23(12)13/h3-4,7-9,20H,1-2,5-6,19H2. The molecule has 1 atom stereocenters. The molecule has 0 saturated heterocycles. The van der Waals surface area contributed by atoms with E-state index in [1.54, 1.807) is 24.3 Å². The van der Waals surface area contributed by atoms with Gasteiger partial charge in [0, 0.05) is 5.92 Å². The monoisotopic (exact) mass is 323 g/mol. The van der Waals surface area contributed by atoms with E-state index < -0.39 is 17.7 Å². The van der Waals surface area contributed by atoms with Crippen molar-refractivity contribution in [1.82, 2.24) is 14.8 Å². The third-order valence-corrected chi connectivity index (χ3v) is 4.77. The van der Waals surface area contributed by atoms with Crippen LogP contribution in [0.25, 0.3) is 5.69 Å². The van der Waals surface area contributed by atoms with Gasteiger partial charge in [0.2, 0.25) is 5.82 Å². The molecule has 4 rings (SSSR count). The van der Waals surface area contributed by atoms with Crippen molar-refractivity contribution < 1.29 is 13.2 Å². The van der Waals surface area contributed by atoms with E-state index in [2.05, 4.69) is 15.5 Å². The van der Waals surface area contributed by atoms with E-state index in [9.17, 15) is 13.2 Å². The smallest absolute Gasteiger partial charge is 0.359 e. The van der Waals surface area contributed by atoms with Gasteiger partial charge in [0.25, 0.3) is 0 Å². The van der Waals surface area contributed by atoms with Gasteiger partial charge in [-0.15, -0.1) is 10.2 Å². The van der Waals surface area contributed by atoms with Crippen LogP contribution in [0.15, 0.2) is 24.3 Å². The number of anilines is 1. The van der Waals surface area contributed by atoms with Crippen molar-refractivity contribution in [1.29, 1.82) is 0 Å². The van der Waals surface area contributed by atoms with Crippen LogP contribution in [-0.4, -0.2) is 14.8 Å². The zero-order valence-electron chi connectivity index (χ0n) is 12.3. The van der Waals surface area contributed by atoms with Crippen LogP contribution >= 0.6 is 0 Å². The Hall–Kier alpha value is -2.09. The molecule has 1 saturated carbocycles. The van der Waals surface area contributed by atoms with Crippen molar-refractivity contribution in [3.05, 3.63) is 35.9 Å². The maximum atomic E-state index is 13.3. The Morgan fingerprint density at radius 3 is 2.57 bits per heavy atom. The molecule has 1 aliphatic carbocycles. The molecule has 1 aliphatic heterocycles. The number of hydrogen-bond acceptors (Lipinski definition) is 4. The van der Waals surface area contributed by atoms with Gasteiger partial charge in [-0.1, -0.05) is 25.0 Å². The summed E-state index contributed by atoms with van der Waals surface area (Å²) in [6.07, 6.45) is -0.827. The Kier molecular flexibility index (Phi) is 2.96. The predicted molar refractivity (Wildman–Crippen MR) is 77.8 cm³/mol. The number of alkyl halides is 3. The van der Waals surface area contributed by atoms with Crippen molar-refractivity contribution in [3.63, 3.8) is 0 Å². The minimum Gasteiger partial charge on any atom is -0.359 e. The first-order valence-electron chi connectivity index (χ1n) is 7.61. The van der Waals surface area contributed by atoms with Gasteiger partial charge in [-0.05, 0) is 25.0 Å².